The van der Waals surface area contributed by atoms with Gasteiger partial charge in [-0.2, -0.15) is 0 Å². The van der Waals surface area contributed by atoms with E-state index in [2.05, 4.69) is 50.4 Å². The normalized spacial score (nSPS) is 18.2. The van der Waals surface area contributed by atoms with Gasteiger partial charge in [0.15, 0.2) is 11.5 Å². The molecule has 2 heterocycles. The number of likely N-dealkylation sites (tertiary alicyclic amines) is 1. The van der Waals surface area contributed by atoms with E-state index in [0.29, 0.717) is 54.0 Å². The molecule has 1 saturated heterocycles. The van der Waals surface area contributed by atoms with Gasteiger partial charge in [-0.1, -0.05) is 74.8 Å². The molecule has 1 fully saturated rings. The SMILES string of the molecule is COc1c(OCCCNCCCc2ccccc2)cccc1[C@@H]1O[C@@H](CC(=O)N2CCCCC2)C(=O)N(CC(C)(C)C)c2ccc(Cl)cc21. The van der Waals surface area contributed by atoms with Gasteiger partial charge in [0.2, 0.25) is 5.91 Å². The number of aryl methyl sites for hydroxylation is 1. The molecule has 0 spiro atoms. The Morgan fingerprint density at radius 1 is 0.959 bits per heavy atom. The predicted octanol–water partition coefficient (Wildman–Crippen LogP) is 7.61. The largest absolute Gasteiger partial charge is 0.492 e. The van der Waals surface area contributed by atoms with Crippen molar-refractivity contribution in [1.82, 2.24) is 10.2 Å². The number of nitrogens with zero attached hydrogens (tertiary/aromatic N) is 2. The topological polar surface area (TPSA) is 80.3 Å². The van der Waals surface area contributed by atoms with Gasteiger partial charge < -0.3 is 29.3 Å². The summed E-state index contributed by atoms with van der Waals surface area (Å²) < 4.78 is 19.0. The summed E-state index contributed by atoms with van der Waals surface area (Å²) in [5.41, 5.74) is 3.31. The maximum Gasteiger partial charge on any atom is 0.256 e. The van der Waals surface area contributed by atoms with E-state index in [4.69, 9.17) is 25.8 Å². The summed E-state index contributed by atoms with van der Waals surface area (Å²) in [7, 11) is 1.62. The first kappa shape index (κ1) is 36.7. The van der Waals surface area contributed by atoms with Crippen LogP contribution in [0, 0.1) is 5.41 Å². The predicted molar refractivity (Wildman–Crippen MR) is 196 cm³/mol. The Labute approximate surface area is 297 Å². The number of hydrogen-bond donors (Lipinski definition) is 1. The summed E-state index contributed by atoms with van der Waals surface area (Å²) in [5, 5.41) is 4.04. The Kier molecular flexibility index (Phi) is 13.0. The molecular formula is C40H52ClN3O5. The van der Waals surface area contributed by atoms with E-state index < -0.39 is 12.2 Å². The third kappa shape index (κ3) is 9.99. The lowest BCUT2D eigenvalue weighted by Gasteiger charge is -2.32. The second-order valence-corrected chi connectivity index (χ2v) is 14.7. The molecule has 9 heteroatoms. The summed E-state index contributed by atoms with van der Waals surface area (Å²) in [5.74, 6) is 0.842. The van der Waals surface area contributed by atoms with Crippen LogP contribution in [0.25, 0.3) is 0 Å². The molecule has 3 aromatic carbocycles. The summed E-state index contributed by atoms with van der Waals surface area (Å²) in [6.07, 6.45) is 4.27. The third-order valence-corrected chi connectivity index (χ3v) is 9.25. The van der Waals surface area contributed by atoms with Crippen molar-refractivity contribution in [3.8, 4) is 11.5 Å². The lowest BCUT2D eigenvalue weighted by atomic mass is 9.94. The zero-order chi connectivity index (χ0) is 34.8. The minimum Gasteiger partial charge on any atom is -0.492 e. The molecule has 0 aromatic heterocycles. The van der Waals surface area contributed by atoms with Gasteiger partial charge in [-0.3, -0.25) is 9.59 Å². The fourth-order valence-electron chi connectivity index (χ4n) is 6.65. The molecule has 2 atom stereocenters. The number of para-hydroxylation sites is 1. The molecule has 2 aliphatic rings. The smallest absolute Gasteiger partial charge is 0.256 e. The van der Waals surface area contributed by atoms with Crippen molar-refractivity contribution < 1.29 is 23.8 Å². The summed E-state index contributed by atoms with van der Waals surface area (Å²) in [6.45, 7) is 10.4. The molecule has 0 bridgehead atoms. The van der Waals surface area contributed by atoms with E-state index >= 15 is 0 Å². The van der Waals surface area contributed by atoms with E-state index in [1.165, 1.54) is 5.56 Å². The summed E-state index contributed by atoms with van der Waals surface area (Å²) in [4.78, 5) is 31.6. The van der Waals surface area contributed by atoms with E-state index in [1.807, 2.05) is 41.3 Å². The third-order valence-electron chi connectivity index (χ3n) is 9.02. The number of piperidine rings is 1. The Balaban J connectivity index is 1.35. The average molecular weight is 690 g/mol. The van der Waals surface area contributed by atoms with Crippen LogP contribution >= 0.6 is 11.6 Å². The maximum atomic E-state index is 14.4. The number of rotatable bonds is 14. The van der Waals surface area contributed by atoms with Crippen LogP contribution in [0.3, 0.4) is 0 Å². The fraction of sp³-hybridized carbons (Fsp3) is 0.500. The molecule has 264 valence electrons. The summed E-state index contributed by atoms with van der Waals surface area (Å²) in [6, 6.07) is 21.8. The molecule has 0 aliphatic carbocycles. The van der Waals surface area contributed by atoms with Gasteiger partial charge in [0.05, 0.1) is 20.1 Å². The molecule has 0 unspecified atom stereocenters. The van der Waals surface area contributed by atoms with Crippen molar-refractivity contribution in [2.75, 3.05) is 51.3 Å². The Hall–Kier alpha value is -3.59. The highest BCUT2D eigenvalue weighted by atomic mass is 35.5. The van der Waals surface area contributed by atoms with Gasteiger partial charge in [0.25, 0.3) is 5.91 Å². The van der Waals surface area contributed by atoms with Gasteiger partial charge in [-0.05, 0) is 86.9 Å². The van der Waals surface area contributed by atoms with E-state index in [9.17, 15) is 9.59 Å². The number of benzene rings is 3. The van der Waals surface area contributed by atoms with E-state index in [1.54, 1.807) is 18.1 Å². The van der Waals surface area contributed by atoms with Crippen LogP contribution in [0.4, 0.5) is 5.69 Å². The van der Waals surface area contributed by atoms with Gasteiger partial charge in [-0.15, -0.1) is 0 Å². The quantitative estimate of drug-likeness (QED) is 0.176. The molecule has 1 N–H and O–H groups in total. The van der Waals surface area contributed by atoms with Crippen LogP contribution in [-0.2, 0) is 20.7 Å². The number of amides is 2. The van der Waals surface area contributed by atoms with Crippen LogP contribution in [0.15, 0.2) is 66.7 Å². The standard InChI is InChI=1S/C40H52ClN3O5/c1-40(2,3)28-44-33-20-19-30(41)26-32(33)37(49-35(39(44)46)27-36(45)43-23-9-6-10-24-43)31-17-11-18-34(38(31)47-4)48-25-13-22-42-21-12-16-29-14-7-5-8-15-29/h5,7-8,11,14-15,17-20,26,35,37,42H,6,9-10,12-13,16,21-25,27-28H2,1-4H3/t35-,37-/m0/s1. The van der Waals surface area contributed by atoms with E-state index in [0.717, 1.165) is 57.2 Å². The number of halogens is 1. The highest BCUT2D eigenvalue weighted by Gasteiger charge is 2.40. The number of carbonyl (C=O) groups is 2. The van der Waals surface area contributed by atoms with Crippen LogP contribution in [0.2, 0.25) is 5.02 Å². The van der Waals surface area contributed by atoms with Crippen molar-refractivity contribution in [1.29, 1.82) is 0 Å². The number of anilines is 1. The molecule has 8 nitrogen and oxygen atoms in total. The van der Waals surface area contributed by atoms with Gasteiger partial charge in [0.1, 0.15) is 12.2 Å². The van der Waals surface area contributed by atoms with Crippen molar-refractivity contribution in [2.45, 2.75) is 77.9 Å². The summed E-state index contributed by atoms with van der Waals surface area (Å²) >= 11 is 6.61. The number of hydrogen-bond acceptors (Lipinski definition) is 6. The first-order valence-corrected chi connectivity index (χ1v) is 18.1. The van der Waals surface area contributed by atoms with Crippen LogP contribution in [0.5, 0.6) is 11.5 Å². The average Bonchev–Trinajstić information content (AvgIpc) is 3.19. The molecule has 0 radical (unpaired) electrons. The van der Waals surface area contributed by atoms with Gasteiger partial charge in [-0.25, -0.2) is 0 Å². The van der Waals surface area contributed by atoms with Gasteiger partial charge in [0, 0.05) is 41.5 Å². The minimum atomic E-state index is -0.991. The van der Waals surface area contributed by atoms with Crippen molar-refractivity contribution >= 4 is 29.1 Å². The molecule has 49 heavy (non-hydrogen) atoms. The number of carbonyl (C=O) groups excluding carboxylic acids is 2. The van der Waals surface area contributed by atoms with Crippen LogP contribution in [0.1, 0.15) is 82.1 Å². The monoisotopic (exact) mass is 689 g/mol. The molecule has 0 saturated carbocycles. The molecule has 2 amide bonds. The Morgan fingerprint density at radius 3 is 2.45 bits per heavy atom. The lowest BCUT2D eigenvalue weighted by molar-refractivity contribution is -0.143. The highest BCUT2D eigenvalue weighted by molar-refractivity contribution is 6.30. The fourth-order valence-corrected chi connectivity index (χ4v) is 6.83. The molecule has 5 rings (SSSR count). The van der Waals surface area contributed by atoms with Crippen LogP contribution in [-0.4, -0.2) is 69.3 Å². The first-order chi connectivity index (χ1) is 23.6. The molecule has 3 aromatic rings. The number of nitrogens with one attached hydrogen (secondary N) is 1. The Bertz CT molecular complexity index is 1540. The van der Waals surface area contributed by atoms with Crippen molar-refractivity contribution in [2.24, 2.45) is 5.41 Å². The maximum absolute atomic E-state index is 14.4. The molecular weight excluding hydrogens is 638 g/mol. The van der Waals surface area contributed by atoms with Crippen molar-refractivity contribution in [3.63, 3.8) is 0 Å². The Morgan fingerprint density at radius 2 is 1.71 bits per heavy atom. The van der Waals surface area contributed by atoms with Crippen molar-refractivity contribution in [3.05, 3.63) is 88.4 Å². The second kappa shape index (κ2) is 17.4. The minimum absolute atomic E-state index is 0.0332. The number of methoxy groups -OCH3 is 1. The lowest BCUT2D eigenvalue weighted by Crippen LogP contribution is -2.46. The highest BCUT2D eigenvalue weighted by Crippen LogP contribution is 2.45. The van der Waals surface area contributed by atoms with E-state index in [-0.39, 0.29) is 23.7 Å². The van der Waals surface area contributed by atoms with Crippen LogP contribution < -0.4 is 19.7 Å². The number of ether oxygens (including phenoxy) is 3. The first-order valence-electron chi connectivity index (χ1n) is 17.7. The second-order valence-electron chi connectivity index (χ2n) is 14.3. The number of fused-ring (bicyclic) bond motifs is 1. The zero-order valence-corrected chi connectivity index (χ0v) is 30.3. The molecule has 2 aliphatic heterocycles. The van der Waals surface area contributed by atoms with Gasteiger partial charge >= 0.3 is 0 Å². The zero-order valence-electron chi connectivity index (χ0n) is 29.5.